The van der Waals surface area contributed by atoms with Gasteiger partial charge in [-0.05, 0) is 109 Å². The van der Waals surface area contributed by atoms with E-state index in [1.165, 1.54) is 51.4 Å². The van der Waals surface area contributed by atoms with Crippen LogP contribution in [-0.4, -0.2) is 69.4 Å². The average Bonchev–Trinajstić information content (AvgIpc) is 3.36. The highest BCUT2D eigenvalue weighted by Gasteiger charge is 2.27. The molecule has 0 heterocycles. The first-order valence-corrected chi connectivity index (χ1v) is 30.1. The molecule has 1 amide bonds. The Kier molecular flexibility index (Phi) is 49.4. The highest BCUT2D eigenvalue weighted by atomic mass is 31.2. The number of phosphoric acid groups is 1. The summed E-state index contributed by atoms with van der Waals surface area (Å²) in [6.07, 6.45) is 75.5. The molecule has 0 fully saturated rings. The SMILES string of the molecule is CC/C=C\C/C=C\C/C=C\C/C=C\C/C=C\C/C=C\CCC(=O)OC(/C=C/CCCCCCCCCCCC)C(COP(=O)([O-])OCC[N+](C)(C)C)NC(=O)CCC/C=C\C/C=C\C/C=C\C/C=C\C/C=C\CC. The van der Waals surface area contributed by atoms with Gasteiger partial charge in [0.25, 0.3) is 7.82 Å². The number of esters is 1. The summed E-state index contributed by atoms with van der Waals surface area (Å²) in [7, 11) is 1.08. The van der Waals surface area contributed by atoms with Crippen molar-refractivity contribution in [3.8, 4) is 0 Å². The molecule has 0 aliphatic rings. The van der Waals surface area contributed by atoms with Gasteiger partial charge in [0.15, 0.2) is 0 Å². The molecule has 0 spiro atoms. The molecule has 3 atom stereocenters. The molecule has 0 aromatic heterocycles. The minimum absolute atomic E-state index is 0.0527. The fourth-order valence-electron chi connectivity index (χ4n) is 7.17. The Morgan fingerprint density at radius 3 is 1.31 bits per heavy atom. The van der Waals surface area contributed by atoms with E-state index >= 15 is 0 Å². The number of phosphoric ester groups is 1. The number of rotatable bonds is 49. The molecule has 9 nitrogen and oxygen atoms in total. The van der Waals surface area contributed by atoms with Crippen molar-refractivity contribution in [2.24, 2.45) is 0 Å². The highest BCUT2D eigenvalue weighted by Crippen LogP contribution is 2.38. The summed E-state index contributed by atoms with van der Waals surface area (Å²) >= 11 is 0. The topological polar surface area (TPSA) is 114 Å². The van der Waals surface area contributed by atoms with Gasteiger partial charge in [0.2, 0.25) is 5.91 Å². The van der Waals surface area contributed by atoms with Crippen molar-refractivity contribution in [2.75, 3.05) is 40.9 Å². The molecule has 3 unspecified atom stereocenters. The van der Waals surface area contributed by atoms with E-state index in [-0.39, 0.29) is 25.4 Å². The number of allylic oxidation sites excluding steroid dienone is 23. The largest absolute Gasteiger partial charge is 0.756 e. The van der Waals surface area contributed by atoms with E-state index < -0.39 is 32.5 Å². The molecule has 0 bridgehead atoms. The number of hydrogen-bond donors (Lipinski definition) is 1. The summed E-state index contributed by atoms with van der Waals surface area (Å²) in [5.74, 6) is -0.722. The predicted molar refractivity (Wildman–Crippen MR) is 316 cm³/mol. The number of ether oxygens (including phenoxy) is 1. The molecule has 0 aliphatic heterocycles. The van der Waals surface area contributed by atoms with Crippen molar-refractivity contribution in [3.05, 3.63) is 146 Å². The smallest absolute Gasteiger partial charge is 0.306 e. The molecule has 1 N–H and O–H groups in total. The van der Waals surface area contributed by atoms with Crippen LogP contribution in [0.3, 0.4) is 0 Å². The standard InChI is InChI=1S/C64H105N2O7P/c1-7-10-13-16-19-22-25-28-30-32-33-35-37-39-42-45-48-51-54-57-64(68)73-62(55-52-49-46-43-40-27-24-21-18-15-12-9-3)61(60-72-74(69,70)71-59-58-66(4,5)6)65-63(67)56-53-50-47-44-41-38-36-34-31-29-26-23-20-17-14-11-8-2/h10-11,13-14,19-20,22-23,28-31,33,35-36,38-39,42,44,47-48,51-52,55,61-62H,7-9,12,15-18,21,24-27,32,34,37,40-41,43,45-46,49-50,53-54,56-60H2,1-6H3,(H-,65,67,69,70)/b13-10-,14-11-,22-19-,23-20-,30-28-,31-29-,35-33-,38-36-,42-39-,47-44-,51-48-,55-52+. The lowest BCUT2D eigenvalue weighted by Gasteiger charge is -2.30. The Hall–Kier alpha value is -4.11. The Bertz CT molecular complexity index is 1770. The van der Waals surface area contributed by atoms with Gasteiger partial charge in [-0.15, -0.1) is 0 Å². The van der Waals surface area contributed by atoms with Crippen LogP contribution in [0.15, 0.2) is 146 Å². The summed E-state index contributed by atoms with van der Waals surface area (Å²) in [4.78, 5) is 39.8. The number of hydrogen-bond acceptors (Lipinski definition) is 7. The number of unbranched alkanes of at least 4 members (excludes halogenated alkanes) is 11. The second kappa shape index (κ2) is 52.3. The van der Waals surface area contributed by atoms with E-state index in [0.717, 1.165) is 89.9 Å². The molecule has 418 valence electrons. The second-order valence-corrected chi connectivity index (χ2v) is 21.1. The molecule has 74 heavy (non-hydrogen) atoms. The molecule has 0 radical (unpaired) electrons. The Balaban J connectivity index is 5.58. The van der Waals surface area contributed by atoms with Crippen molar-refractivity contribution in [1.82, 2.24) is 5.32 Å². The lowest BCUT2D eigenvalue weighted by Crippen LogP contribution is -2.47. The van der Waals surface area contributed by atoms with Crippen molar-refractivity contribution in [2.45, 2.75) is 206 Å². The molecule has 0 rings (SSSR count). The third kappa shape index (κ3) is 52.7. The van der Waals surface area contributed by atoms with Crippen LogP contribution in [0.25, 0.3) is 0 Å². The van der Waals surface area contributed by atoms with Crippen LogP contribution in [0.2, 0.25) is 0 Å². The van der Waals surface area contributed by atoms with Crippen molar-refractivity contribution >= 4 is 19.7 Å². The number of carbonyl (C=O) groups excluding carboxylic acids is 2. The molecular formula is C64H105N2O7P. The van der Waals surface area contributed by atoms with Crippen LogP contribution >= 0.6 is 7.82 Å². The number of nitrogens with one attached hydrogen (secondary N) is 1. The maximum Gasteiger partial charge on any atom is 0.306 e. The van der Waals surface area contributed by atoms with Crippen LogP contribution < -0.4 is 10.2 Å². The molecule has 0 aromatic rings. The summed E-state index contributed by atoms with van der Waals surface area (Å²) in [5.41, 5.74) is 0. The first-order chi connectivity index (χ1) is 35.9. The van der Waals surface area contributed by atoms with E-state index in [1.54, 1.807) is 6.08 Å². The molecule has 10 heteroatoms. The van der Waals surface area contributed by atoms with Gasteiger partial charge in [0, 0.05) is 12.8 Å². The molecule has 0 saturated carbocycles. The van der Waals surface area contributed by atoms with Crippen molar-refractivity contribution in [3.63, 3.8) is 0 Å². The molecular weight excluding hydrogens is 940 g/mol. The highest BCUT2D eigenvalue weighted by molar-refractivity contribution is 7.45. The third-order valence-electron chi connectivity index (χ3n) is 11.5. The maximum absolute atomic E-state index is 13.5. The summed E-state index contributed by atoms with van der Waals surface area (Å²) in [6, 6.07) is -0.959. The number of amides is 1. The fourth-order valence-corrected chi connectivity index (χ4v) is 7.89. The first-order valence-electron chi connectivity index (χ1n) is 28.6. The Morgan fingerprint density at radius 2 is 0.878 bits per heavy atom. The monoisotopic (exact) mass is 1040 g/mol. The van der Waals surface area contributed by atoms with Gasteiger partial charge >= 0.3 is 5.97 Å². The van der Waals surface area contributed by atoms with E-state index in [2.05, 4.69) is 148 Å². The van der Waals surface area contributed by atoms with E-state index in [4.69, 9.17) is 13.8 Å². The van der Waals surface area contributed by atoms with E-state index in [1.807, 2.05) is 39.4 Å². The van der Waals surface area contributed by atoms with Crippen LogP contribution in [-0.2, 0) is 27.9 Å². The number of quaternary nitrogens is 1. The van der Waals surface area contributed by atoms with Gasteiger partial charge in [-0.25, -0.2) is 0 Å². The van der Waals surface area contributed by atoms with Gasteiger partial charge in [0.05, 0.1) is 33.8 Å². The average molecular weight is 1050 g/mol. The summed E-state index contributed by atoms with van der Waals surface area (Å²) in [5, 5.41) is 2.96. The summed E-state index contributed by atoms with van der Waals surface area (Å²) < 4.78 is 30.1. The fraction of sp³-hybridized carbons (Fsp3) is 0.594. The van der Waals surface area contributed by atoms with Gasteiger partial charge < -0.3 is 28.5 Å². The lowest BCUT2D eigenvalue weighted by molar-refractivity contribution is -0.870. The number of likely N-dealkylation sites (N-methyl/N-ethyl adjacent to an activating group) is 1. The van der Waals surface area contributed by atoms with Crippen molar-refractivity contribution in [1.29, 1.82) is 0 Å². The van der Waals surface area contributed by atoms with Gasteiger partial charge in [-0.3, -0.25) is 14.2 Å². The van der Waals surface area contributed by atoms with E-state index in [0.29, 0.717) is 30.3 Å². The zero-order valence-corrected chi connectivity index (χ0v) is 48.4. The maximum atomic E-state index is 13.5. The minimum Gasteiger partial charge on any atom is -0.756 e. The zero-order valence-electron chi connectivity index (χ0n) is 47.5. The first kappa shape index (κ1) is 69.9. The molecule has 0 saturated heterocycles. The van der Waals surface area contributed by atoms with Crippen LogP contribution in [0, 0.1) is 0 Å². The normalized spacial score (nSPS) is 14.9. The zero-order chi connectivity index (χ0) is 54.3. The van der Waals surface area contributed by atoms with Crippen LogP contribution in [0.1, 0.15) is 194 Å². The quantitative estimate of drug-likeness (QED) is 0.0212. The molecule has 0 aliphatic carbocycles. The van der Waals surface area contributed by atoms with Crippen LogP contribution in [0.4, 0.5) is 0 Å². The van der Waals surface area contributed by atoms with Gasteiger partial charge in [-0.1, -0.05) is 218 Å². The van der Waals surface area contributed by atoms with Gasteiger partial charge in [0.1, 0.15) is 19.3 Å². The number of carbonyl (C=O) groups is 2. The predicted octanol–water partition coefficient (Wildman–Crippen LogP) is 16.9. The lowest BCUT2D eigenvalue weighted by atomic mass is 10.1. The third-order valence-corrected chi connectivity index (χ3v) is 12.5. The molecule has 0 aromatic carbocycles. The Labute approximate surface area is 453 Å². The van der Waals surface area contributed by atoms with Gasteiger partial charge in [-0.2, -0.15) is 0 Å². The van der Waals surface area contributed by atoms with Crippen molar-refractivity contribution < 1.29 is 37.3 Å². The van der Waals surface area contributed by atoms with E-state index in [9.17, 15) is 19.0 Å². The Morgan fingerprint density at radius 1 is 0.486 bits per heavy atom. The number of nitrogens with zero attached hydrogens (tertiary/aromatic N) is 1. The minimum atomic E-state index is -4.74. The van der Waals surface area contributed by atoms with Crippen LogP contribution in [0.5, 0.6) is 0 Å². The second-order valence-electron chi connectivity index (χ2n) is 19.7. The summed E-state index contributed by atoms with van der Waals surface area (Å²) in [6.45, 7) is 6.48.